The fourth-order valence-electron chi connectivity index (χ4n) is 4.93. The molecule has 0 aliphatic heterocycles. The summed E-state index contributed by atoms with van der Waals surface area (Å²) in [4.78, 5) is 13.0. The first-order valence-electron chi connectivity index (χ1n) is 15.2. The molecule has 1 aromatic heterocycles. The third-order valence-corrected chi connectivity index (χ3v) is 8.21. The number of unbranched alkanes of at least 4 members (excludes halogenated alkanes) is 11. The summed E-state index contributed by atoms with van der Waals surface area (Å²) < 4.78 is 13.8. The van der Waals surface area contributed by atoms with Crippen molar-refractivity contribution in [1.82, 2.24) is 0 Å². The van der Waals surface area contributed by atoms with Crippen LogP contribution in [0.1, 0.15) is 101 Å². The van der Waals surface area contributed by atoms with E-state index in [1.165, 1.54) is 76.3 Å². The van der Waals surface area contributed by atoms with Crippen LogP contribution in [0, 0.1) is 6.92 Å². The minimum Gasteiger partial charge on any atom is -1.00 e. The zero-order valence-corrected chi connectivity index (χ0v) is 27.7. The highest BCUT2D eigenvalue weighted by Crippen LogP contribution is 2.29. The van der Waals surface area contributed by atoms with Crippen LogP contribution >= 0.6 is 11.3 Å². The standard InChI is InChI=1S/C34H48N2O3S.BrH/c1-4-5-6-7-8-9-10-11-12-13-14-17-22-39-33-23-29(20-21-32(33)38-3)24-34(37)35-31-19-16-15-18-30(31)25-36-27-40-26-28(36)2;/h15-16,18-21,23,26-27H,4-14,17,22,24-25H2,1-3H3;1H. The number of nitrogens with zero attached hydrogens (tertiary/aromatic N) is 1. The van der Waals surface area contributed by atoms with Crippen molar-refractivity contribution >= 4 is 22.9 Å². The van der Waals surface area contributed by atoms with E-state index >= 15 is 0 Å². The molecule has 226 valence electrons. The Kier molecular flexibility index (Phi) is 17.4. The molecule has 2 aromatic carbocycles. The summed E-state index contributed by atoms with van der Waals surface area (Å²) in [5.74, 6) is 1.37. The van der Waals surface area contributed by atoms with Crippen molar-refractivity contribution in [2.24, 2.45) is 0 Å². The number of rotatable bonds is 20. The molecule has 5 nitrogen and oxygen atoms in total. The summed E-state index contributed by atoms with van der Waals surface area (Å²) in [5, 5.41) is 5.24. The van der Waals surface area contributed by atoms with Gasteiger partial charge in [0.2, 0.25) is 11.4 Å². The number of amides is 1. The van der Waals surface area contributed by atoms with Crippen LogP contribution in [-0.2, 0) is 17.8 Å². The molecule has 0 spiro atoms. The Bertz CT molecular complexity index is 1150. The Morgan fingerprint density at radius 3 is 2.17 bits per heavy atom. The number of hydrogen-bond acceptors (Lipinski definition) is 4. The number of thiazole rings is 1. The summed E-state index contributed by atoms with van der Waals surface area (Å²) in [6, 6.07) is 13.8. The molecule has 3 aromatic rings. The first-order chi connectivity index (χ1) is 19.6. The number of anilines is 1. The fraction of sp³-hybridized carbons (Fsp3) is 0.529. The third kappa shape index (κ3) is 13.0. The van der Waals surface area contributed by atoms with E-state index in [1.54, 1.807) is 18.4 Å². The molecule has 0 aliphatic rings. The van der Waals surface area contributed by atoms with Crippen LogP contribution in [0.5, 0.6) is 11.5 Å². The van der Waals surface area contributed by atoms with Gasteiger partial charge in [0, 0.05) is 12.5 Å². The van der Waals surface area contributed by atoms with Gasteiger partial charge in [-0.05, 0) is 30.2 Å². The van der Waals surface area contributed by atoms with E-state index < -0.39 is 0 Å². The maximum atomic E-state index is 13.0. The normalized spacial score (nSPS) is 10.7. The fourth-order valence-corrected chi connectivity index (χ4v) is 5.71. The molecule has 1 heterocycles. The highest BCUT2D eigenvalue weighted by molar-refractivity contribution is 7.07. The minimum atomic E-state index is -0.0448. The molecule has 0 aliphatic carbocycles. The quantitative estimate of drug-likeness (QED) is 0.127. The number of aryl methyl sites for hydroxylation is 1. The van der Waals surface area contributed by atoms with Crippen molar-refractivity contribution in [3.63, 3.8) is 0 Å². The van der Waals surface area contributed by atoms with Gasteiger partial charge in [0.25, 0.3) is 0 Å². The van der Waals surface area contributed by atoms with Crippen molar-refractivity contribution in [3.8, 4) is 11.5 Å². The van der Waals surface area contributed by atoms with Crippen LogP contribution in [0.4, 0.5) is 5.69 Å². The lowest BCUT2D eigenvalue weighted by molar-refractivity contribution is -0.689. The molecule has 0 unspecified atom stereocenters. The van der Waals surface area contributed by atoms with Gasteiger partial charge in [0.05, 0.1) is 31.2 Å². The molecular formula is C34H49BrN2O3S. The van der Waals surface area contributed by atoms with Crippen molar-refractivity contribution in [3.05, 3.63) is 70.2 Å². The average molecular weight is 646 g/mol. The zero-order valence-electron chi connectivity index (χ0n) is 25.3. The topological polar surface area (TPSA) is 51.4 Å². The lowest BCUT2D eigenvalue weighted by atomic mass is 10.1. The van der Waals surface area contributed by atoms with E-state index in [0.29, 0.717) is 18.1 Å². The van der Waals surface area contributed by atoms with Gasteiger partial charge in [0.15, 0.2) is 23.7 Å². The molecular weight excluding hydrogens is 596 g/mol. The van der Waals surface area contributed by atoms with E-state index in [1.807, 2.05) is 36.4 Å². The van der Waals surface area contributed by atoms with E-state index in [9.17, 15) is 4.79 Å². The summed E-state index contributed by atoms with van der Waals surface area (Å²) >= 11 is 1.68. The number of methoxy groups -OCH3 is 1. The second-order valence-corrected chi connectivity index (χ2v) is 11.5. The Morgan fingerprint density at radius 2 is 1.54 bits per heavy atom. The average Bonchev–Trinajstić information content (AvgIpc) is 3.36. The molecule has 0 atom stereocenters. The van der Waals surface area contributed by atoms with Gasteiger partial charge in [-0.15, -0.1) is 0 Å². The molecule has 0 radical (unpaired) electrons. The molecule has 0 fully saturated rings. The lowest BCUT2D eigenvalue weighted by Crippen LogP contribution is -3.00. The molecule has 41 heavy (non-hydrogen) atoms. The molecule has 3 rings (SSSR count). The van der Waals surface area contributed by atoms with E-state index in [4.69, 9.17) is 9.47 Å². The summed E-state index contributed by atoms with van der Waals surface area (Å²) in [7, 11) is 1.66. The van der Waals surface area contributed by atoms with Gasteiger partial charge in [-0.1, -0.05) is 113 Å². The molecule has 0 saturated carbocycles. The van der Waals surface area contributed by atoms with Gasteiger partial charge in [0.1, 0.15) is 0 Å². The van der Waals surface area contributed by atoms with E-state index in [0.717, 1.165) is 29.8 Å². The van der Waals surface area contributed by atoms with Crippen molar-refractivity contribution in [1.29, 1.82) is 0 Å². The SMILES string of the molecule is CCCCCCCCCCCCCCOc1cc(CC(=O)Nc2ccccc2C[n+]2cscc2C)ccc1OC.[Br-]. The Morgan fingerprint density at radius 1 is 0.878 bits per heavy atom. The monoisotopic (exact) mass is 644 g/mol. The van der Waals surface area contributed by atoms with Gasteiger partial charge in [-0.2, -0.15) is 4.57 Å². The van der Waals surface area contributed by atoms with Crippen LogP contribution in [0.3, 0.4) is 0 Å². The number of carbonyl (C=O) groups is 1. The second-order valence-electron chi connectivity index (χ2n) is 10.7. The Labute approximate surface area is 262 Å². The molecule has 7 heteroatoms. The van der Waals surface area contributed by atoms with Crippen LogP contribution in [0.15, 0.2) is 53.4 Å². The van der Waals surface area contributed by atoms with Crippen LogP contribution in [0.25, 0.3) is 0 Å². The van der Waals surface area contributed by atoms with Crippen LogP contribution in [-0.4, -0.2) is 19.6 Å². The first kappa shape index (κ1) is 34.8. The number of benzene rings is 2. The largest absolute Gasteiger partial charge is 1.00 e. The maximum Gasteiger partial charge on any atom is 0.228 e. The number of hydrogen-bond donors (Lipinski definition) is 1. The van der Waals surface area contributed by atoms with Crippen molar-refractivity contribution < 1.29 is 35.8 Å². The van der Waals surface area contributed by atoms with Crippen molar-refractivity contribution in [2.45, 2.75) is 104 Å². The highest BCUT2D eigenvalue weighted by Gasteiger charge is 2.14. The number of ether oxygens (including phenoxy) is 2. The lowest BCUT2D eigenvalue weighted by Gasteiger charge is -2.13. The van der Waals surface area contributed by atoms with E-state index in [2.05, 4.69) is 40.7 Å². The molecule has 0 saturated heterocycles. The Balaban J connectivity index is 0.00000588. The first-order valence-corrected chi connectivity index (χ1v) is 16.1. The predicted molar refractivity (Wildman–Crippen MR) is 167 cm³/mol. The number of halogens is 1. The van der Waals surface area contributed by atoms with Gasteiger partial charge >= 0.3 is 0 Å². The van der Waals surface area contributed by atoms with Crippen LogP contribution in [0.2, 0.25) is 0 Å². The highest BCUT2D eigenvalue weighted by atomic mass is 79.9. The number of nitrogens with one attached hydrogen (secondary N) is 1. The summed E-state index contributed by atoms with van der Waals surface area (Å²) in [6.07, 6.45) is 16.1. The molecule has 0 bridgehead atoms. The predicted octanol–water partition coefficient (Wildman–Crippen LogP) is 5.67. The zero-order chi connectivity index (χ0) is 28.4. The number of para-hydroxylation sites is 1. The summed E-state index contributed by atoms with van der Waals surface area (Å²) in [6.45, 7) is 5.76. The smallest absolute Gasteiger partial charge is 0.228 e. The van der Waals surface area contributed by atoms with Crippen LogP contribution < -0.4 is 36.3 Å². The third-order valence-electron chi connectivity index (χ3n) is 7.36. The number of aromatic nitrogens is 1. The minimum absolute atomic E-state index is 0. The Hall–Kier alpha value is -2.38. The maximum absolute atomic E-state index is 13.0. The van der Waals surface area contributed by atoms with Crippen molar-refractivity contribution in [2.75, 3.05) is 19.0 Å². The summed E-state index contributed by atoms with van der Waals surface area (Å²) in [5.41, 5.74) is 6.15. The van der Waals surface area contributed by atoms with Gasteiger partial charge < -0.3 is 31.8 Å². The second kappa shape index (κ2) is 20.5. The van der Waals surface area contributed by atoms with E-state index in [-0.39, 0.29) is 29.3 Å². The number of carbonyl (C=O) groups excluding carboxylic acids is 1. The van der Waals surface area contributed by atoms with Gasteiger partial charge in [-0.3, -0.25) is 4.79 Å². The van der Waals surface area contributed by atoms with Gasteiger partial charge in [-0.25, -0.2) is 0 Å². The molecule has 1 N–H and O–H groups in total. The molecule has 1 amide bonds.